The smallest absolute Gasteiger partial charge is 0.348 e. The van der Waals surface area contributed by atoms with Crippen molar-refractivity contribution in [2.24, 2.45) is 5.73 Å². The first-order chi connectivity index (χ1) is 10.3. The van der Waals surface area contributed by atoms with Crippen molar-refractivity contribution in [2.45, 2.75) is 12.8 Å². The van der Waals surface area contributed by atoms with Crippen LogP contribution in [0.15, 0.2) is 17.2 Å². The van der Waals surface area contributed by atoms with E-state index in [1.54, 1.807) is 0 Å². The van der Waals surface area contributed by atoms with Crippen molar-refractivity contribution >= 4 is 11.5 Å². The second-order valence-corrected chi connectivity index (χ2v) is 5.33. The zero-order valence-corrected chi connectivity index (χ0v) is 12.0. The summed E-state index contributed by atoms with van der Waals surface area (Å²) in [4.78, 5) is 20.5. The normalized spacial score (nSPS) is 17.3. The largest absolute Gasteiger partial charge is 0.355 e. The summed E-state index contributed by atoms with van der Waals surface area (Å²) in [7, 11) is 0. The van der Waals surface area contributed by atoms with Gasteiger partial charge >= 0.3 is 5.69 Å². The molecule has 0 atom stereocenters. The van der Waals surface area contributed by atoms with Crippen molar-refractivity contribution in [3.8, 4) is 0 Å². The van der Waals surface area contributed by atoms with E-state index in [-0.39, 0.29) is 5.69 Å². The number of nitrogens with one attached hydrogen (secondary N) is 1. The Morgan fingerprint density at radius 1 is 1.29 bits per heavy atom. The van der Waals surface area contributed by atoms with E-state index in [9.17, 15) is 4.79 Å². The highest BCUT2D eigenvalue weighted by Gasteiger charge is 2.16. The molecule has 2 aromatic heterocycles. The van der Waals surface area contributed by atoms with Gasteiger partial charge in [-0.1, -0.05) is 0 Å². The molecule has 3 rings (SSSR count). The molecule has 0 spiro atoms. The van der Waals surface area contributed by atoms with Crippen LogP contribution in [0.25, 0.3) is 5.65 Å². The Hall–Kier alpha value is -1.93. The van der Waals surface area contributed by atoms with E-state index in [1.165, 1.54) is 10.7 Å². The van der Waals surface area contributed by atoms with Crippen LogP contribution in [0.2, 0.25) is 0 Å². The molecular formula is C13H21N7O. The van der Waals surface area contributed by atoms with Gasteiger partial charge in [-0.15, -0.1) is 0 Å². The van der Waals surface area contributed by atoms with Gasteiger partial charge in [-0.2, -0.15) is 5.10 Å². The summed E-state index contributed by atoms with van der Waals surface area (Å²) in [5.74, 6) is 0.877. The van der Waals surface area contributed by atoms with Crippen LogP contribution in [0, 0.1) is 0 Å². The van der Waals surface area contributed by atoms with Crippen LogP contribution in [0.1, 0.15) is 12.8 Å². The van der Waals surface area contributed by atoms with E-state index in [0.717, 1.165) is 57.9 Å². The highest BCUT2D eigenvalue weighted by atomic mass is 16.1. The maximum Gasteiger partial charge on any atom is 0.348 e. The average molecular weight is 291 g/mol. The predicted octanol–water partition coefficient (Wildman–Crippen LogP) is -0.721. The lowest BCUT2D eigenvalue weighted by atomic mass is 10.3. The minimum absolute atomic E-state index is 0.257. The first-order valence-electron chi connectivity index (χ1n) is 7.38. The Balaban J connectivity index is 1.71. The number of hydrogen-bond acceptors (Lipinski definition) is 6. The van der Waals surface area contributed by atoms with Crippen LogP contribution in [0.4, 0.5) is 5.82 Å². The Morgan fingerprint density at radius 2 is 2.19 bits per heavy atom. The topological polar surface area (TPSA) is 95.5 Å². The van der Waals surface area contributed by atoms with Gasteiger partial charge < -0.3 is 15.5 Å². The predicted molar refractivity (Wildman–Crippen MR) is 80.5 cm³/mol. The summed E-state index contributed by atoms with van der Waals surface area (Å²) in [6.07, 6.45) is 3.68. The molecular weight excluding hydrogens is 270 g/mol. The third-order valence-corrected chi connectivity index (χ3v) is 3.89. The summed E-state index contributed by atoms with van der Waals surface area (Å²) in [5, 5.41) is 6.42. The van der Waals surface area contributed by atoms with Crippen LogP contribution in [-0.2, 0) is 0 Å². The highest BCUT2D eigenvalue weighted by molar-refractivity contribution is 5.50. The third-order valence-electron chi connectivity index (χ3n) is 3.89. The first kappa shape index (κ1) is 14.0. The lowest BCUT2D eigenvalue weighted by Crippen LogP contribution is -2.32. The van der Waals surface area contributed by atoms with E-state index >= 15 is 0 Å². The number of aromatic nitrogens is 4. The van der Waals surface area contributed by atoms with Gasteiger partial charge in [0, 0.05) is 25.7 Å². The fraction of sp³-hybridized carbons (Fsp3) is 0.615. The van der Waals surface area contributed by atoms with E-state index in [4.69, 9.17) is 5.73 Å². The zero-order valence-electron chi connectivity index (χ0n) is 12.0. The molecule has 0 aromatic carbocycles. The molecule has 114 valence electrons. The molecule has 1 fully saturated rings. The summed E-state index contributed by atoms with van der Waals surface area (Å²) in [5.41, 5.74) is 5.92. The standard InChI is InChI=1S/C13H21N7O/c14-3-1-4-18-5-2-6-19(8-7-18)11-9-12-16-17-13(21)20(12)10-15-11/h9-10H,1-8,14H2,(H,17,21). The second kappa shape index (κ2) is 6.23. The van der Waals surface area contributed by atoms with Crippen molar-refractivity contribution in [1.82, 2.24) is 24.5 Å². The summed E-state index contributed by atoms with van der Waals surface area (Å²) in [6.45, 7) is 5.82. The van der Waals surface area contributed by atoms with Crippen LogP contribution in [-0.4, -0.2) is 63.8 Å². The Morgan fingerprint density at radius 3 is 3.05 bits per heavy atom. The van der Waals surface area contributed by atoms with Crippen LogP contribution < -0.4 is 16.3 Å². The maximum atomic E-state index is 11.4. The van der Waals surface area contributed by atoms with Crippen molar-refractivity contribution in [3.05, 3.63) is 22.9 Å². The molecule has 3 N–H and O–H groups in total. The van der Waals surface area contributed by atoms with Gasteiger partial charge in [-0.25, -0.2) is 19.3 Å². The van der Waals surface area contributed by atoms with Crippen molar-refractivity contribution in [1.29, 1.82) is 0 Å². The molecule has 1 aliphatic heterocycles. The number of rotatable bonds is 4. The molecule has 1 aliphatic rings. The Bertz CT molecular complexity index is 649. The molecule has 0 amide bonds. The van der Waals surface area contributed by atoms with Crippen LogP contribution in [0.5, 0.6) is 0 Å². The monoisotopic (exact) mass is 291 g/mol. The van der Waals surface area contributed by atoms with Crippen molar-refractivity contribution < 1.29 is 0 Å². The summed E-state index contributed by atoms with van der Waals surface area (Å²) in [6, 6.07) is 1.85. The van der Waals surface area contributed by atoms with Crippen LogP contribution in [0.3, 0.4) is 0 Å². The fourth-order valence-corrected chi connectivity index (χ4v) is 2.71. The molecule has 0 aliphatic carbocycles. The quantitative estimate of drug-likeness (QED) is 0.772. The van der Waals surface area contributed by atoms with E-state index in [1.807, 2.05) is 6.07 Å². The van der Waals surface area contributed by atoms with Gasteiger partial charge in [0.15, 0.2) is 5.65 Å². The lowest BCUT2D eigenvalue weighted by molar-refractivity contribution is 0.291. The summed E-state index contributed by atoms with van der Waals surface area (Å²) >= 11 is 0. The highest BCUT2D eigenvalue weighted by Crippen LogP contribution is 2.14. The number of hydrogen-bond donors (Lipinski definition) is 2. The minimum Gasteiger partial charge on any atom is -0.355 e. The number of aromatic amines is 1. The minimum atomic E-state index is -0.257. The molecule has 21 heavy (non-hydrogen) atoms. The van der Waals surface area contributed by atoms with Gasteiger partial charge in [-0.3, -0.25) is 0 Å². The third kappa shape index (κ3) is 3.06. The second-order valence-electron chi connectivity index (χ2n) is 5.33. The van der Waals surface area contributed by atoms with E-state index in [0.29, 0.717) is 5.65 Å². The fourth-order valence-electron chi connectivity index (χ4n) is 2.71. The first-order valence-corrected chi connectivity index (χ1v) is 7.38. The Labute approximate surface area is 122 Å². The van der Waals surface area contributed by atoms with Gasteiger partial charge in [0.25, 0.3) is 0 Å². The Kier molecular flexibility index (Phi) is 4.16. The average Bonchev–Trinajstić information content (AvgIpc) is 2.73. The van der Waals surface area contributed by atoms with Crippen LogP contribution >= 0.6 is 0 Å². The SMILES string of the molecule is NCCCN1CCCN(c2cc3n[nH]c(=O)n3cn2)CC1. The molecule has 8 nitrogen and oxygen atoms in total. The summed E-state index contributed by atoms with van der Waals surface area (Å²) < 4.78 is 1.41. The van der Waals surface area contributed by atoms with Gasteiger partial charge in [0.2, 0.25) is 0 Å². The number of fused-ring (bicyclic) bond motifs is 1. The number of anilines is 1. The number of nitrogens with two attached hydrogens (primary N) is 1. The van der Waals surface area contributed by atoms with Gasteiger partial charge in [0.1, 0.15) is 12.1 Å². The van der Waals surface area contributed by atoms with E-state index in [2.05, 4.69) is 25.0 Å². The van der Waals surface area contributed by atoms with Crippen molar-refractivity contribution in [3.63, 3.8) is 0 Å². The maximum absolute atomic E-state index is 11.4. The molecule has 0 bridgehead atoms. The van der Waals surface area contributed by atoms with Crippen molar-refractivity contribution in [2.75, 3.05) is 44.2 Å². The van der Waals surface area contributed by atoms with Gasteiger partial charge in [-0.05, 0) is 32.5 Å². The molecule has 0 radical (unpaired) electrons. The molecule has 1 saturated heterocycles. The zero-order chi connectivity index (χ0) is 14.7. The molecule has 0 unspecified atom stereocenters. The van der Waals surface area contributed by atoms with E-state index < -0.39 is 0 Å². The number of H-pyrrole nitrogens is 1. The molecule has 2 aromatic rings. The molecule has 8 heteroatoms. The molecule has 3 heterocycles. The number of nitrogens with zero attached hydrogens (tertiary/aromatic N) is 5. The van der Waals surface area contributed by atoms with Gasteiger partial charge in [0.05, 0.1) is 0 Å². The lowest BCUT2D eigenvalue weighted by Gasteiger charge is -2.22. The molecule has 0 saturated carbocycles.